The molecule has 0 aliphatic carbocycles. The molecule has 1 fully saturated rings. The van der Waals surface area contributed by atoms with Crippen LogP contribution >= 0.6 is 34.9 Å². The van der Waals surface area contributed by atoms with Crippen LogP contribution in [0.15, 0.2) is 21.8 Å². The summed E-state index contributed by atoms with van der Waals surface area (Å²) in [7, 11) is 1.67. The Balaban J connectivity index is 1.46. The molecular formula is C15H16N8O5S3. The number of nitrogens with zero attached hydrogens (tertiary/aromatic N) is 6. The summed E-state index contributed by atoms with van der Waals surface area (Å²) in [5.41, 5.74) is 6.05. The van der Waals surface area contributed by atoms with Gasteiger partial charge in [-0.25, -0.2) is 14.5 Å². The molecule has 0 aromatic carbocycles. The van der Waals surface area contributed by atoms with Gasteiger partial charge in [0.2, 0.25) is 5.16 Å². The Hall–Kier alpha value is -2.69. The molecule has 0 radical (unpaired) electrons. The van der Waals surface area contributed by atoms with Gasteiger partial charge in [-0.1, -0.05) is 11.8 Å². The molecule has 2 amide bonds. The maximum absolute atomic E-state index is 12.7. The number of carbonyl (C=O) groups excluding carboxylic acids is 2. The van der Waals surface area contributed by atoms with Gasteiger partial charge in [0.25, 0.3) is 11.8 Å². The molecule has 0 bridgehead atoms. The highest BCUT2D eigenvalue weighted by Gasteiger charge is 2.54. The lowest BCUT2D eigenvalue weighted by molar-refractivity contribution is -0.151. The largest absolute Gasteiger partial charge is 0.477 e. The number of carbonyl (C=O) groups is 3. The van der Waals surface area contributed by atoms with Gasteiger partial charge in [0.1, 0.15) is 17.1 Å². The molecule has 2 aliphatic heterocycles. The Bertz CT molecular complexity index is 1080. The van der Waals surface area contributed by atoms with Crippen LogP contribution in [0.4, 0.5) is 5.13 Å². The third-order valence-electron chi connectivity index (χ3n) is 4.57. The molecule has 2 aliphatic rings. The van der Waals surface area contributed by atoms with Crippen molar-refractivity contribution < 1.29 is 24.6 Å². The van der Waals surface area contributed by atoms with E-state index in [0.717, 1.165) is 11.3 Å². The highest BCUT2D eigenvalue weighted by Crippen LogP contribution is 2.41. The van der Waals surface area contributed by atoms with Crippen molar-refractivity contribution in [1.29, 1.82) is 0 Å². The van der Waals surface area contributed by atoms with Crippen LogP contribution in [0.25, 0.3) is 0 Å². The zero-order valence-electron chi connectivity index (χ0n) is 15.8. The third kappa shape index (κ3) is 3.98. The lowest BCUT2D eigenvalue weighted by Crippen LogP contribution is -2.70. The first-order valence-electron chi connectivity index (χ1n) is 8.72. The maximum atomic E-state index is 12.7. The number of tetrazole rings is 1. The number of nitrogen functional groups attached to an aromatic ring is 1. The molecule has 1 unspecified atom stereocenters. The SMILES string of the molecule is Cn1nnnc1SCC1=C(C(=O)O)N2C(=O)[C@@H](NC(=O)C(O)c3csc(N)n3)[C@@H]2SC1. The Morgan fingerprint density at radius 2 is 2.26 bits per heavy atom. The number of thioether (sulfide) groups is 2. The van der Waals surface area contributed by atoms with Gasteiger partial charge >= 0.3 is 5.97 Å². The zero-order valence-corrected chi connectivity index (χ0v) is 18.3. The van der Waals surface area contributed by atoms with E-state index in [1.54, 1.807) is 7.05 Å². The standard InChI is InChI=1S/C15H16N8O5S3/c1-22-15(19-20-21-22)31-3-5-2-29-12-7(11(26)23(12)8(5)13(27)28)18-10(25)9(24)6-4-30-14(16)17-6/h4,7,9,12,24H,2-3H2,1H3,(H2,16,17)(H,18,25)(H,27,28)/t7-,9?,12+/m1/s1. The summed E-state index contributed by atoms with van der Waals surface area (Å²) in [6, 6.07) is -0.949. The number of aromatic nitrogens is 5. The number of hydrogen-bond acceptors (Lipinski definition) is 12. The summed E-state index contributed by atoms with van der Waals surface area (Å²) in [4.78, 5) is 42.0. The van der Waals surface area contributed by atoms with E-state index < -0.39 is 35.3 Å². The molecule has 3 atom stereocenters. The number of fused-ring (bicyclic) bond motifs is 1. The summed E-state index contributed by atoms with van der Waals surface area (Å²) in [6.45, 7) is 0. The summed E-state index contributed by atoms with van der Waals surface area (Å²) in [5, 5.41) is 35.0. The number of amides is 2. The normalized spacial score (nSPS) is 21.5. The van der Waals surface area contributed by atoms with Crippen LogP contribution in [0.2, 0.25) is 0 Å². The maximum Gasteiger partial charge on any atom is 0.352 e. The number of aliphatic carboxylic acids is 1. The Kier molecular flexibility index (Phi) is 5.87. The van der Waals surface area contributed by atoms with E-state index in [4.69, 9.17) is 5.73 Å². The smallest absolute Gasteiger partial charge is 0.352 e. The van der Waals surface area contributed by atoms with Crippen molar-refractivity contribution >= 4 is 57.8 Å². The monoisotopic (exact) mass is 484 g/mol. The van der Waals surface area contributed by atoms with Gasteiger partial charge in [0.15, 0.2) is 11.2 Å². The van der Waals surface area contributed by atoms with Gasteiger partial charge in [0, 0.05) is 23.9 Å². The molecule has 1 saturated heterocycles. The van der Waals surface area contributed by atoms with Crippen molar-refractivity contribution in [3.05, 3.63) is 22.3 Å². The van der Waals surface area contributed by atoms with Crippen molar-refractivity contribution in [2.24, 2.45) is 7.05 Å². The topological polar surface area (TPSA) is 189 Å². The second-order valence-electron chi connectivity index (χ2n) is 6.54. The lowest BCUT2D eigenvalue weighted by atomic mass is 10.0. The molecule has 13 nitrogen and oxygen atoms in total. The Morgan fingerprint density at radius 1 is 1.48 bits per heavy atom. The van der Waals surface area contributed by atoms with Crippen LogP contribution in [0.5, 0.6) is 0 Å². The van der Waals surface area contributed by atoms with E-state index >= 15 is 0 Å². The molecule has 2 aromatic heterocycles. The summed E-state index contributed by atoms with van der Waals surface area (Å²) >= 11 is 3.67. The molecule has 164 valence electrons. The second-order valence-corrected chi connectivity index (χ2v) is 9.48. The molecule has 4 rings (SSSR count). The number of β-lactam (4-membered cyclic amide) rings is 1. The predicted octanol–water partition coefficient (Wildman–Crippen LogP) is -1.19. The number of carboxylic acid groups (broad SMARTS) is 1. The highest BCUT2D eigenvalue weighted by molar-refractivity contribution is 8.01. The Morgan fingerprint density at radius 3 is 2.87 bits per heavy atom. The molecule has 31 heavy (non-hydrogen) atoms. The molecular weight excluding hydrogens is 468 g/mol. The number of hydrogen-bond donors (Lipinski definition) is 4. The van der Waals surface area contributed by atoms with E-state index in [-0.39, 0.29) is 16.5 Å². The molecule has 4 heterocycles. The van der Waals surface area contributed by atoms with Gasteiger partial charge in [-0.05, 0) is 16.0 Å². The minimum atomic E-state index is -1.58. The number of nitrogens with two attached hydrogens (primary N) is 1. The van der Waals surface area contributed by atoms with E-state index in [1.165, 1.54) is 38.5 Å². The first-order valence-corrected chi connectivity index (χ1v) is 11.6. The minimum Gasteiger partial charge on any atom is -0.477 e. The van der Waals surface area contributed by atoms with Gasteiger partial charge < -0.3 is 21.3 Å². The number of anilines is 1. The van der Waals surface area contributed by atoms with Gasteiger partial charge in [-0.3, -0.25) is 14.5 Å². The predicted molar refractivity (Wildman–Crippen MR) is 111 cm³/mol. The van der Waals surface area contributed by atoms with Gasteiger partial charge in [-0.2, -0.15) is 0 Å². The number of rotatable bonds is 7. The van der Waals surface area contributed by atoms with E-state index in [2.05, 4.69) is 25.8 Å². The fourth-order valence-corrected chi connectivity index (χ4v) is 6.00. The van der Waals surface area contributed by atoms with Crippen LogP contribution in [-0.4, -0.2) is 81.0 Å². The summed E-state index contributed by atoms with van der Waals surface area (Å²) < 4.78 is 1.46. The number of aryl methyl sites for hydroxylation is 1. The average molecular weight is 485 g/mol. The van der Waals surface area contributed by atoms with Crippen LogP contribution in [-0.2, 0) is 21.4 Å². The average Bonchev–Trinajstić information content (AvgIpc) is 3.36. The number of aliphatic hydroxyl groups is 1. The molecule has 2 aromatic rings. The van der Waals surface area contributed by atoms with Crippen LogP contribution in [0.1, 0.15) is 11.8 Å². The Labute approximate surface area is 187 Å². The highest BCUT2D eigenvalue weighted by atomic mass is 32.2. The van der Waals surface area contributed by atoms with Gasteiger partial charge in [0.05, 0.1) is 5.69 Å². The molecule has 16 heteroatoms. The molecule has 5 N–H and O–H groups in total. The van der Waals surface area contributed by atoms with Crippen molar-refractivity contribution in [2.75, 3.05) is 17.2 Å². The van der Waals surface area contributed by atoms with E-state index in [0.29, 0.717) is 22.2 Å². The van der Waals surface area contributed by atoms with Crippen LogP contribution in [0.3, 0.4) is 0 Å². The van der Waals surface area contributed by atoms with Crippen molar-refractivity contribution in [3.63, 3.8) is 0 Å². The van der Waals surface area contributed by atoms with Gasteiger partial charge in [-0.15, -0.1) is 28.2 Å². The van der Waals surface area contributed by atoms with Crippen LogP contribution < -0.4 is 11.1 Å². The number of thiazole rings is 1. The third-order valence-corrected chi connectivity index (χ3v) is 7.70. The van der Waals surface area contributed by atoms with Crippen molar-refractivity contribution in [3.8, 4) is 0 Å². The number of nitrogens with one attached hydrogen (secondary N) is 1. The molecule has 0 saturated carbocycles. The minimum absolute atomic E-state index is 0.0867. The number of aliphatic hydroxyl groups excluding tert-OH is 1. The van der Waals surface area contributed by atoms with Crippen molar-refractivity contribution in [1.82, 2.24) is 35.4 Å². The lowest BCUT2D eigenvalue weighted by Gasteiger charge is -2.49. The molecule has 0 spiro atoms. The van der Waals surface area contributed by atoms with Crippen molar-refractivity contribution in [2.45, 2.75) is 22.7 Å². The quantitative estimate of drug-likeness (QED) is 0.272. The van der Waals surface area contributed by atoms with Crippen LogP contribution in [0, 0.1) is 0 Å². The fourth-order valence-electron chi connectivity index (χ4n) is 3.08. The first-order chi connectivity index (χ1) is 14.8. The summed E-state index contributed by atoms with van der Waals surface area (Å²) in [5.74, 6) is -1.95. The first kappa shape index (κ1) is 21.5. The summed E-state index contributed by atoms with van der Waals surface area (Å²) in [6.07, 6.45) is -1.58. The van der Waals surface area contributed by atoms with E-state index in [1.807, 2.05) is 0 Å². The van der Waals surface area contributed by atoms with E-state index in [9.17, 15) is 24.6 Å². The zero-order chi connectivity index (χ0) is 22.3. The fraction of sp³-hybridized carbons (Fsp3) is 0.400. The number of carboxylic acids is 1. The second kappa shape index (κ2) is 8.45.